The zero-order chi connectivity index (χ0) is 12.6. The maximum Gasteiger partial charge on any atom is 0.0756 e. The van der Waals surface area contributed by atoms with Gasteiger partial charge in [-0.3, -0.25) is 4.98 Å². The molecule has 1 N–H and O–H groups in total. The number of hydrogen-bond acceptors (Lipinski definition) is 2. The summed E-state index contributed by atoms with van der Waals surface area (Å²) in [6.45, 7) is 6.35. The van der Waals surface area contributed by atoms with Crippen LogP contribution in [0.3, 0.4) is 0 Å². The van der Waals surface area contributed by atoms with Crippen LogP contribution in [0, 0.1) is 6.92 Å². The molecule has 0 radical (unpaired) electrons. The Morgan fingerprint density at radius 2 is 1.94 bits per heavy atom. The van der Waals surface area contributed by atoms with Crippen LogP contribution in [0.4, 0.5) is 5.69 Å². The number of aryl methyl sites for hydroxylation is 1. The van der Waals surface area contributed by atoms with Crippen LogP contribution in [0.1, 0.15) is 31.0 Å². The summed E-state index contributed by atoms with van der Waals surface area (Å²) in [5.41, 5.74) is 4.34. The molecule has 0 bridgehead atoms. The van der Waals surface area contributed by atoms with Crippen LogP contribution in [0.5, 0.6) is 0 Å². The molecule has 0 atom stereocenters. The van der Waals surface area contributed by atoms with Crippen molar-refractivity contribution in [2.45, 2.75) is 26.7 Å². The van der Waals surface area contributed by atoms with E-state index in [-0.39, 0.29) is 0 Å². The molecule has 0 spiro atoms. The van der Waals surface area contributed by atoms with Gasteiger partial charge in [0.05, 0.1) is 5.52 Å². The number of nitrogens with zero attached hydrogens (tertiary/aromatic N) is 1. The minimum Gasteiger partial charge on any atom is -0.388 e. The summed E-state index contributed by atoms with van der Waals surface area (Å²) in [4.78, 5) is 4.73. The molecule has 0 aliphatic heterocycles. The molecule has 2 rings (SSSR count). The van der Waals surface area contributed by atoms with Crippen molar-refractivity contribution in [3.63, 3.8) is 0 Å². The first-order chi connectivity index (χ1) is 8.02. The Morgan fingerprint density at radius 3 is 2.53 bits per heavy atom. The highest BCUT2D eigenvalue weighted by atomic mass is 35.5. The standard InChI is InChI=1S/C14H17ClN2/c1-8(2)12-7-13(16-4)11-6-10(15)5-9(3)14(11)17-12/h5-8H,1-4H3,(H,16,17). The molecule has 0 fully saturated rings. The van der Waals surface area contributed by atoms with E-state index in [2.05, 4.69) is 25.2 Å². The zero-order valence-electron chi connectivity index (χ0n) is 10.6. The van der Waals surface area contributed by atoms with E-state index in [1.807, 2.05) is 26.1 Å². The summed E-state index contributed by atoms with van der Waals surface area (Å²) < 4.78 is 0. The summed E-state index contributed by atoms with van der Waals surface area (Å²) in [7, 11) is 1.93. The lowest BCUT2D eigenvalue weighted by Gasteiger charge is -2.13. The van der Waals surface area contributed by atoms with E-state index in [1.165, 1.54) is 0 Å². The largest absolute Gasteiger partial charge is 0.388 e. The maximum absolute atomic E-state index is 6.10. The minimum atomic E-state index is 0.418. The molecule has 2 nitrogen and oxygen atoms in total. The minimum absolute atomic E-state index is 0.418. The molecule has 2 aromatic rings. The van der Waals surface area contributed by atoms with Gasteiger partial charge in [0.1, 0.15) is 0 Å². The quantitative estimate of drug-likeness (QED) is 0.854. The van der Waals surface area contributed by atoms with Crippen molar-refractivity contribution in [1.82, 2.24) is 4.98 Å². The SMILES string of the molecule is CNc1cc(C(C)C)nc2c(C)cc(Cl)cc12. The predicted octanol–water partition coefficient (Wildman–Crippen LogP) is 4.36. The number of fused-ring (bicyclic) bond motifs is 1. The second kappa shape index (κ2) is 4.53. The summed E-state index contributed by atoms with van der Waals surface area (Å²) in [6.07, 6.45) is 0. The fraction of sp³-hybridized carbons (Fsp3) is 0.357. The van der Waals surface area contributed by atoms with Crippen molar-refractivity contribution in [2.24, 2.45) is 0 Å². The van der Waals surface area contributed by atoms with Gasteiger partial charge in [-0.25, -0.2) is 0 Å². The Labute approximate surface area is 107 Å². The smallest absolute Gasteiger partial charge is 0.0756 e. The van der Waals surface area contributed by atoms with Gasteiger partial charge in [-0.05, 0) is 36.6 Å². The third kappa shape index (κ3) is 2.22. The molecule has 0 saturated heterocycles. The van der Waals surface area contributed by atoms with E-state index < -0.39 is 0 Å². The van der Waals surface area contributed by atoms with Crippen LogP contribution < -0.4 is 5.32 Å². The van der Waals surface area contributed by atoms with Crippen molar-refractivity contribution in [3.8, 4) is 0 Å². The summed E-state index contributed by atoms with van der Waals surface area (Å²) in [5, 5.41) is 5.06. The topological polar surface area (TPSA) is 24.9 Å². The summed E-state index contributed by atoms with van der Waals surface area (Å²) in [5.74, 6) is 0.418. The zero-order valence-corrected chi connectivity index (χ0v) is 11.4. The van der Waals surface area contributed by atoms with Gasteiger partial charge >= 0.3 is 0 Å². The predicted molar refractivity (Wildman–Crippen MR) is 75.1 cm³/mol. The van der Waals surface area contributed by atoms with Gasteiger partial charge in [-0.1, -0.05) is 25.4 Å². The molecular formula is C14H17ClN2. The van der Waals surface area contributed by atoms with Gasteiger partial charge in [-0.2, -0.15) is 0 Å². The summed E-state index contributed by atoms with van der Waals surface area (Å²) >= 11 is 6.10. The number of anilines is 1. The van der Waals surface area contributed by atoms with Crippen molar-refractivity contribution < 1.29 is 0 Å². The van der Waals surface area contributed by atoms with Crippen LogP contribution >= 0.6 is 11.6 Å². The molecule has 0 unspecified atom stereocenters. The molecule has 1 heterocycles. The lowest BCUT2D eigenvalue weighted by molar-refractivity contribution is 0.830. The van der Waals surface area contributed by atoms with E-state index in [0.29, 0.717) is 5.92 Å². The van der Waals surface area contributed by atoms with E-state index >= 15 is 0 Å². The molecule has 1 aromatic heterocycles. The maximum atomic E-state index is 6.10. The molecular weight excluding hydrogens is 232 g/mol. The Balaban J connectivity index is 2.82. The van der Waals surface area contributed by atoms with Crippen molar-refractivity contribution in [1.29, 1.82) is 0 Å². The highest BCUT2D eigenvalue weighted by Gasteiger charge is 2.10. The average Bonchev–Trinajstić information content (AvgIpc) is 2.27. The van der Waals surface area contributed by atoms with Gasteiger partial charge < -0.3 is 5.32 Å². The van der Waals surface area contributed by atoms with Crippen LogP contribution in [-0.2, 0) is 0 Å². The fourth-order valence-electron chi connectivity index (χ4n) is 1.98. The van der Waals surface area contributed by atoms with Crippen LogP contribution in [0.2, 0.25) is 5.02 Å². The lowest BCUT2D eigenvalue weighted by Crippen LogP contribution is -1.99. The number of halogens is 1. The molecule has 0 saturated carbocycles. The molecule has 3 heteroatoms. The lowest BCUT2D eigenvalue weighted by atomic mass is 10.0. The van der Waals surface area contributed by atoms with E-state index in [1.54, 1.807) is 0 Å². The summed E-state index contributed by atoms with van der Waals surface area (Å²) in [6, 6.07) is 6.02. The highest BCUT2D eigenvalue weighted by Crippen LogP contribution is 2.30. The van der Waals surface area contributed by atoms with E-state index in [0.717, 1.165) is 32.9 Å². The average molecular weight is 249 g/mol. The van der Waals surface area contributed by atoms with Gasteiger partial charge in [0.25, 0.3) is 0 Å². The molecule has 1 aromatic carbocycles. The number of hydrogen-bond donors (Lipinski definition) is 1. The number of nitrogens with one attached hydrogen (secondary N) is 1. The number of aromatic nitrogens is 1. The molecule has 17 heavy (non-hydrogen) atoms. The Morgan fingerprint density at radius 1 is 1.24 bits per heavy atom. The second-order valence-electron chi connectivity index (χ2n) is 4.62. The number of rotatable bonds is 2. The van der Waals surface area contributed by atoms with Crippen molar-refractivity contribution in [3.05, 3.63) is 34.5 Å². The number of benzene rings is 1. The molecule has 90 valence electrons. The third-order valence-electron chi connectivity index (χ3n) is 2.95. The Hall–Kier alpha value is -1.28. The van der Waals surface area contributed by atoms with Crippen LogP contribution in [-0.4, -0.2) is 12.0 Å². The Kier molecular flexibility index (Phi) is 3.25. The van der Waals surface area contributed by atoms with E-state index in [9.17, 15) is 0 Å². The van der Waals surface area contributed by atoms with Gasteiger partial charge in [0.2, 0.25) is 0 Å². The van der Waals surface area contributed by atoms with Crippen molar-refractivity contribution >= 4 is 28.2 Å². The number of pyridine rings is 1. The first-order valence-corrected chi connectivity index (χ1v) is 6.19. The fourth-order valence-corrected chi connectivity index (χ4v) is 2.25. The first kappa shape index (κ1) is 12.2. The Bertz CT molecular complexity index is 562. The first-order valence-electron chi connectivity index (χ1n) is 5.81. The second-order valence-corrected chi connectivity index (χ2v) is 5.05. The molecule has 0 amide bonds. The monoisotopic (exact) mass is 248 g/mol. The third-order valence-corrected chi connectivity index (χ3v) is 3.17. The molecule has 0 aliphatic carbocycles. The highest BCUT2D eigenvalue weighted by molar-refractivity contribution is 6.31. The van der Waals surface area contributed by atoms with E-state index in [4.69, 9.17) is 16.6 Å². The van der Waals surface area contributed by atoms with Crippen molar-refractivity contribution in [2.75, 3.05) is 12.4 Å². The van der Waals surface area contributed by atoms with Gasteiger partial charge in [-0.15, -0.1) is 0 Å². The van der Waals surface area contributed by atoms with Gasteiger partial charge in [0, 0.05) is 28.8 Å². The normalized spacial score (nSPS) is 11.2. The van der Waals surface area contributed by atoms with Gasteiger partial charge in [0.15, 0.2) is 0 Å². The van der Waals surface area contributed by atoms with Crippen LogP contribution in [0.15, 0.2) is 18.2 Å². The molecule has 0 aliphatic rings. The van der Waals surface area contributed by atoms with Crippen LogP contribution in [0.25, 0.3) is 10.9 Å².